The third-order valence-electron chi connectivity index (χ3n) is 2.89. The van der Waals surface area contributed by atoms with Gasteiger partial charge in [-0.05, 0) is 12.8 Å². The van der Waals surface area contributed by atoms with Gasteiger partial charge in [0, 0.05) is 6.42 Å². The molecular weight excluding hydrogens is 212 g/mol. The van der Waals surface area contributed by atoms with Gasteiger partial charge in [0.1, 0.15) is 0 Å². The van der Waals surface area contributed by atoms with Crippen LogP contribution in [0.2, 0.25) is 0 Å². The third-order valence-corrected chi connectivity index (χ3v) is 2.89. The summed E-state index contributed by atoms with van der Waals surface area (Å²) in [6, 6.07) is 0. The van der Waals surface area contributed by atoms with E-state index in [0.717, 1.165) is 32.1 Å². The normalized spacial score (nSPS) is 10.5. The second-order valence-electron chi connectivity index (χ2n) is 4.65. The van der Waals surface area contributed by atoms with E-state index in [9.17, 15) is 4.79 Å². The van der Waals surface area contributed by atoms with Gasteiger partial charge in [0.2, 0.25) is 0 Å². The van der Waals surface area contributed by atoms with Crippen LogP contribution in [-0.4, -0.2) is 12.6 Å². The molecule has 0 rings (SSSR count). The van der Waals surface area contributed by atoms with Gasteiger partial charge in [-0.3, -0.25) is 4.79 Å². The molecule has 0 aromatic rings. The lowest BCUT2D eigenvalue weighted by Gasteiger charge is -2.04. The van der Waals surface area contributed by atoms with Gasteiger partial charge in [-0.2, -0.15) is 0 Å². The van der Waals surface area contributed by atoms with Gasteiger partial charge in [0.05, 0.1) is 6.61 Å². The van der Waals surface area contributed by atoms with Crippen molar-refractivity contribution < 1.29 is 9.53 Å². The van der Waals surface area contributed by atoms with Crippen molar-refractivity contribution in [3.05, 3.63) is 6.92 Å². The molecule has 0 N–H and O–H groups in total. The number of unbranched alkanes of at least 4 members (excludes halogenated alkanes) is 8. The van der Waals surface area contributed by atoms with Crippen LogP contribution in [0.3, 0.4) is 0 Å². The van der Waals surface area contributed by atoms with E-state index in [0.29, 0.717) is 13.0 Å². The van der Waals surface area contributed by atoms with Crippen molar-refractivity contribution in [1.82, 2.24) is 0 Å². The summed E-state index contributed by atoms with van der Waals surface area (Å²) >= 11 is 0. The second-order valence-corrected chi connectivity index (χ2v) is 4.65. The molecule has 0 bridgehead atoms. The number of esters is 1. The second kappa shape index (κ2) is 13.5. The Balaban J connectivity index is 3.11. The first-order valence-corrected chi connectivity index (χ1v) is 7.26. The summed E-state index contributed by atoms with van der Waals surface area (Å²) in [6.07, 6.45) is 12.1. The maximum atomic E-state index is 11.3. The Hall–Kier alpha value is -0.530. The molecule has 0 aliphatic heterocycles. The van der Waals surface area contributed by atoms with Gasteiger partial charge in [0.15, 0.2) is 0 Å². The molecule has 0 aromatic heterocycles. The molecule has 0 saturated carbocycles. The topological polar surface area (TPSA) is 26.3 Å². The van der Waals surface area contributed by atoms with Gasteiger partial charge < -0.3 is 4.74 Å². The van der Waals surface area contributed by atoms with Gasteiger partial charge in [-0.15, -0.1) is 0 Å². The number of hydrogen-bond donors (Lipinski definition) is 0. The molecule has 0 aliphatic rings. The van der Waals surface area contributed by atoms with Crippen LogP contribution in [0.25, 0.3) is 0 Å². The minimum atomic E-state index is -0.0254. The molecule has 101 valence electrons. The maximum Gasteiger partial charge on any atom is 0.305 e. The molecule has 0 fully saturated rings. The highest BCUT2D eigenvalue weighted by Crippen LogP contribution is 2.06. The smallest absolute Gasteiger partial charge is 0.305 e. The number of carbonyl (C=O) groups is 1. The molecule has 1 radical (unpaired) electrons. The highest BCUT2D eigenvalue weighted by Gasteiger charge is 2.01. The van der Waals surface area contributed by atoms with Crippen molar-refractivity contribution in [1.29, 1.82) is 0 Å². The van der Waals surface area contributed by atoms with Crippen molar-refractivity contribution in [3.63, 3.8) is 0 Å². The number of rotatable bonds is 12. The summed E-state index contributed by atoms with van der Waals surface area (Å²) in [7, 11) is 0. The van der Waals surface area contributed by atoms with Crippen molar-refractivity contribution in [2.75, 3.05) is 6.61 Å². The Bertz CT molecular complexity index is 166. The van der Waals surface area contributed by atoms with Crippen LogP contribution < -0.4 is 0 Å². The predicted molar refractivity (Wildman–Crippen MR) is 72.8 cm³/mol. The molecule has 17 heavy (non-hydrogen) atoms. The summed E-state index contributed by atoms with van der Waals surface area (Å²) in [5, 5.41) is 0. The van der Waals surface area contributed by atoms with Crippen LogP contribution in [0.1, 0.15) is 77.6 Å². The lowest BCUT2D eigenvalue weighted by molar-refractivity contribution is -0.143. The number of carbonyl (C=O) groups excluding carboxylic acids is 1. The Morgan fingerprint density at radius 2 is 1.59 bits per heavy atom. The maximum absolute atomic E-state index is 11.3. The van der Waals surface area contributed by atoms with Crippen molar-refractivity contribution >= 4 is 5.97 Å². The Labute approximate surface area is 107 Å². The quantitative estimate of drug-likeness (QED) is 0.366. The average molecular weight is 241 g/mol. The molecule has 0 spiro atoms. The van der Waals surface area contributed by atoms with Crippen LogP contribution in [0.5, 0.6) is 0 Å². The zero-order chi connectivity index (χ0) is 12.8. The monoisotopic (exact) mass is 241 g/mol. The van der Waals surface area contributed by atoms with Crippen LogP contribution in [0.15, 0.2) is 0 Å². The van der Waals surface area contributed by atoms with Crippen LogP contribution in [0.4, 0.5) is 0 Å². The van der Waals surface area contributed by atoms with Crippen LogP contribution in [-0.2, 0) is 9.53 Å². The highest BCUT2D eigenvalue weighted by atomic mass is 16.5. The van der Waals surface area contributed by atoms with E-state index in [1.807, 2.05) is 0 Å². The van der Waals surface area contributed by atoms with E-state index in [1.165, 1.54) is 32.1 Å². The zero-order valence-electron chi connectivity index (χ0n) is 11.5. The van der Waals surface area contributed by atoms with Gasteiger partial charge in [-0.25, -0.2) is 0 Å². The molecular formula is C15H29O2. The molecule has 0 unspecified atom stereocenters. The summed E-state index contributed by atoms with van der Waals surface area (Å²) in [5.74, 6) is -0.0254. The minimum absolute atomic E-state index is 0.0254. The van der Waals surface area contributed by atoms with Crippen molar-refractivity contribution in [2.24, 2.45) is 0 Å². The summed E-state index contributed by atoms with van der Waals surface area (Å²) < 4.78 is 5.17. The van der Waals surface area contributed by atoms with Crippen molar-refractivity contribution in [3.8, 4) is 0 Å². The molecule has 0 atom stereocenters. The van der Waals surface area contributed by atoms with E-state index in [2.05, 4.69) is 13.8 Å². The predicted octanol–water partition coefficient (Wildman–Crippen LogP) is 4.67. The van der Waals surface area contributed by atoms with Gasteiger partial charge in [0.25, 0.3) is 0 Å². The molecule has 0 aromatic carbocycles. The van der Waals surface area contributed by atoms with Gasteiger partial charge >= 0.3 is 5.97 Å². The summed E-state index contributed by atoms with van der Waals surface area (Å²) in [5.41, 5.74) is 0. The van der Waals surface area contributed by atoms with E-state index >= 15 is 0 Å². The fraction of sp³-hybridized carbons (Fsp3) is 0.867. The van der Waals surface area contributed by atoms with E-state index < -0.39 is 0 Å². The first-order valence-electron chi connectivity index (χ1n) is 7.26. The first-order chi connectivity index (χ1) is 8.31. The fourth-order valence-electron chi connectivity index (χ4n) is 1.76. The SMILES string of the molecule is [CH2]CCCCCC(=O)OCCCCCCCC. The first kappa shape index (κ1) is 16.5. The number of ether oxygens (including phenoxy) is 1. The zero-order valence-corrected chi connectivity index (χ0v) is 11.5. The Morgan fingerprint density at radius 3 is 2.29 bits per heavy atom. The standard InChI is InChI=1S/C15H29O2/c1-3-5-7-9-10-12-14-17-15(16)13-11-8-6-4-2/h2-14H2,1H3. The fourth-order valence-corrected chi connectivity index (χ4v) is 1.76. The molecule has 2 nitrogen and oxygen atoms in total. The molecule has 0 heterocycles. The average Bonchev–Trinajstić information content (AvgIpc) is 2.33. The minimum Gasteiger partial charge on any atom is -0.466 e. The highest BCUT2D eigenvalue weighted by molar-refractivity contribution is 5.69. The van der Waals surface area contributed by atoms with Gasteiger partial charge in [-0.1, -0.05) is 65.2 Å². The lowest BCUT2D eigenvalue weighted by Crippen LogP contribution is -2.05. The van der Waals surface area contributed by atoms with E-state index in [1.54, 1.807) is 0 Å². The number of hydrogen-bond acceptors (Lipinski definition) is 2. The van der Waals surface area contributed by atoms with E-state index in [-0.39, 0.29) is 5.97 Å². The molecule has 0 amide bonds. The van der Waals surface area contributed by atoms with Crippen LogP contribution >= 0.6 is 0 Å². The van der Waals surface area contributed by atoms with Crippen molar-refractivity contribution in [2.45, 2.75) is 77.6 Å². The third kappa shape index (κ3) is 13.4. The summed E-state index contributed by atoms with van der Waals surface area (Å²) in [4.78, 5) is 11.3. The molecule has 0 aliphatic carbocycles. The Morgan fingerprint density at radius 1 is 0.941 bits per heavy atom. The summed E-state index contributed by atoms with van der Waals surface area (Å²) in [6.45, 7) is 6.61. The van der Waals surface area contributed by atoms with Crippen LogP contribution in [0, 0.1) is 6.92 Å². The molecule has 0 saturated heterocycles. The van der Waals surface area contributed by atoms with E-state index in [4.69, 9.17) is 4.74 Å². The largest absolute Gasteiger partial charge is 0.466 e. The Kier molecular flexibility index (Phi) is 13.1. The molecule has 2 heteroatoms. The lowest BCUT2D eigenvalue weighted by atomic mass is 10.1.